The van der Waals surface area contributed by atoms with Gasteiger partial charge in [0, 0.05) is 37.0 Å². The van der Waals surface area contributed by atoms with E-state index in [1.54, 1.807) is 29.2 Å². The highest BCUT2D eigenvalue weighted by atomic mass is 32.2. The standard InChI is InChI=1S/C29H29N3O4S/c1-3-32-27(33)26(18-23-12-14-25(36-23)24-13-7-20(28(34)35)17-19(24)2)37-29(32)30-21-8-10-22(11-9-21)31-15-5-4-6-16-31/h7-14,17-18H,3-6,15-16H2,1-2H3,(H,34,35)/b26-18-,30-29?. The van der Waals surface area contributed by atoms with Crippen molar-refractivity contribution in [2.75, 3.05) is 24.5 Å². The number of thioether (sulfide) groups is 1. The molecular weight excluding hydrogens is 486 g/mol. The summed E-state index contributed by atoms with van der Waals surface area (Å²) in [6.07, 6.45) is 5.51. The highest BCUT2D eigenvalue weighted by Crippen LogP contribution is 2.35. The molecule has 2 aromatic carbocycles. The summed E-state index contributed by atoms with van der Waals surface area (Å²) in [5.74, 6) is 0.103. The van der Waals surface area contributed by atoms with Gasteiger partial charge in [0.05, 0.1) is 16.2 Å². The van der Waals surface area contributed by atoms with Gasteiger partial charge >= 0.3 is 5.97 Å². The zero-order valence-electron chi connectivity index (χ0n) is 20.9. The maximum atomic E-state index is 13.1. The zero-order chi connectivity index (χ0) is 25.9. The van der Waals surface area contributed by atoms with Crippen molar-refractivity contribution in [1.29, 1.82) is 0 Å². The fourth-order valence-electron chi connectivity index (χ4n) is 4.65. The molecule has 2 aliphatic heterocycles. The molecule has 2 fully saturated rings. The van der Waals surface area contributed by atoms with Crippen molar-refractivity contribution in [3.63, 3.8) is 0 Å². The largest absolute Gasteiger partial charge is 0.478 e. The van der Waals surface area contributed by atoms with E-state index in [9.17, 15) is 14.7 Å². The lowest BCUT2D eigenvalue weighted by Crippen LogP contribution is -2.29. The Morgan fingerprint density at radius 3 is 2.51 bits per heavy atom. The molecule has 190 valence electrons. The van der Waals surface area contributed by atoms with E-state index in [0.29, 0.717) is 28.1 Å². The highest BCUT2D eigenvalue weighted by molar-refractivity contribution is 8.18. The Bertz CT molecular complexity index is 1380. The van der Waals surface area contributed by atoms with Crippen LogP contribution in [0, 0.1) is 6.92 Å². The Kier molecular flexibility index (Phi) is 7.19. The number of nitrogens with zero attached hydrogens (tertiary/aromatic N) is 3. The minimum absolute atomic E-state index is 0.101. The first-order valence-electron chi connectivity index (χ1n) is 12.5. The van der Waals surface area contributed by atoms with Crippen molar-refractivity contribution in [3.8, 4) is 11.3 Å². The van der Waals surface area contributed by atoms with Crippen LogP contribution in [-0.4, -0.2) is 46.7 Å². The first-order valence-corrected chi connectivity index (χ1v) is 13.3. The molecular formula is C29H29N3O4S. The zero-order valence-corrected chi connectivity index (χ0v) is 21.8. The third-order valence-corrected chi connectivity index (χ3v) is 7.65. The predicted molar refractivity (Wildman–Crippen MR) is 148 cm³/mol. The first kappa shape index (κ1) is 24.9. The number of amidine groups is 1. The number of aliphatic imine (C=N–C) groups is 1. The van der Waals surface area contributed by atoms with Crippen LogP contribution in [0.5, 0.6) is 0 Å². The Morgan fingerprint density at radius 2 is 1.84 bits per heavy atom. The maximum Gasteiger partial charge on any atom is 0.335 e. The number of carboxylic acid groups (broad SMARTS) is 1. The van der Waals surface area contributed by atoms with E-state index < -0.39 is 5.97 Å². The van der Waals surface area contributed by atoms with E-state index in [1.807, 2.05) is 38.1 Å². The SMILES string of the molecule is CCN1C(=O)/C(=C/c2ccc(-c3ccc(C(=O)O)cc3C)o2)SC1=Nc1ccc(N2CCCCC2)cc1. The van der Waals surface area contributed by atoms with Crippen LogP contribution in [0.2, 0.25) is 0 Å². The van der Waals surface area contributed by atoms with Crippen LogP contribution in [0.15, 0.2) is 68.9 Å². The van der Waals surface area contributed by atoms with Gasteiger partial charge in [-0.3, -0.25) is 9.69 Å². The van der Waals surface area contributed by atoms with Gasteiger partial charge in [-0.2, -0.15) is 0 Å². The van der Waals surface area contributed by atoms with E-state index in [1.165, 1.54) is 36.7 Å². The topological polar surface area (TPSA) is 86.3 Å². The normalized spacial score (nSPS) is 18.3. The number of rotatable bonds is 6. The van der Waals surface area contributed by atoms with Crippen LogP contribution < -0.4 is 4.90 Å². The minimum atomic E-state index is -0.966. The average molecular weight is 516 g/mol. The van der Waals surface area contributed by atoms with Crippen LogP contribution in [0.3, 0.4) is 0 Å². The Balaban J connectivity index is 1.35. The molecule has 1 N–H and O–H groups in total. The van der Waals surface area contributed by atoms with Gasteiger partial charge in [-0.15, -0.1) is 0 Å². The third-order valence-electron chi connectivity index (χ3n) is 6.64. The third kappa shape index (κ3) is 5.34. The molecule has 2 aliphatic rings. The summed E-state index contributed by atoms with van der Waals surface area (Å²) < 4.78 is 6.00. The molecule has 0 unspecified atom stereocenters. The molecule has 0 bridgehead atoms. The number of aryl methyl sites for hydroxylation is 1. The average Bonchev–Trinajstić information content (AvgIpc) is 3.48. The van der Waals surface area contributed by atoms with Gasteiger partial charge in [-0.1, -0.05) is 6.07 Å². The summed E-state index contributed by atoms with van der Waals surface area (Å²) in [5.41, 5.74) is 3.88. The molecule has 0 saturated carbocycles. The van der Waals surface area contributed by atoms with Crippen LogP contribution in [0.25, 0.3) is 17.4 Å². The molecule has 7 nitrogen and oxygen atoms in total. The lowest BCUT2D eigenvalue weighted by atomic mass is 10.0. The van der Waals surface area contributed by atoms with Gasteiger partial charge in [-0.25, -0.2) is 9.79 Å². The van der Waals surface area contributed by atoms with Crippen molar-refractivity contribution in [3.05, 3.63) is 76.4 Å². The molecule has 37 heavy (non-hydrogen) atoms. The van der Waals surface area contributed by atoms with E-state index in [4.69, 9.17) is 9.41 Å². The van der Waals surface area contributed by atoms with Gasteiger partial charge in [0.1, 0.15) is 11.5 Å². The quantitative estimate of drug-likeness (QED) is 0.374. The number of furan rings is 1. The number of aromatic carboxylic acids is 1. The summed E-state index contributed by atoms with van der Waals surface area (Å²) >= 11 is 1.34. The molecule has 0 atom stereocenters. The molecule has 5 rings (SSSR count). The molecule has 1 aromatic heterocycles. The summed E-state index contributed by atoms with van der Waals surface area (Å²) in [6, 6.07) is 16.8. The highest BCUT2D eigenvalue weighted by Gasteiger charge is 2.32. The maximum absolute atomic E-state index is 13.1. The number of piperidine rings is 1. The lowest BCUT2D eigenvalue weighted by molar-refractivity contribution is -0.122. The van der Waals surface area contributed by atoms with Crippen molar-refractivity contribution in [2.45, 2.75) is 33.1 Å². The smallest absolute Gasteiger partial charge is 0.335 e. The number of carbonyl (C=O) groups excluding carboxylic acids is 1. The van der Waals surface area contributed by atoms with E-state index >= 15 is 0 Å². The second kappa shape index (κ2) is 10.7. The van der Waals surface area contributed by atoms with Gasteiger partial charge in [0.2, 0.25) is 0 Å². The molecule has 1 amide bonds. The molecule has 2 saturated heterocycles. The van der Waals surface area contributed by atoms with E-state index in [-0.39, 0.29) is 11.5 Å². The predicted octanol–water partition coefficient (Wildman–Crippen LogP) is 6.57. The van der Waals surface area contributed by atoms with Crippen LogP contribution in [0.4, 0.5) is 11.4 Å². The minimum Gasteiger partial charge on any atom is -0.478 e. The van der Waals surface area contributed by atoms with Crippen LogP contribution in [0.1, 0.15) is 47.9 Å². The number of hydrogen-bond acceptors (Lipinski definition) is 6. The van der Waals surface area contributed by atoms with Crippen molar-refractivity contribution in [1.82, 2.24) is 4.90 Å². The number of benzene rings is 2. The Morgan fingerprint density at radius 1 is 1.08 bits per heavy atom. The monoisotopic (exact) mass is 515 g/mol. The van der Waals surface area contributed by atoms with Gasteiger partial charge in [0.15, 0.2) is 5.17 Å². The second-order valence-corrected chi connectivity index (χ2v) is 10.2. The van der Waals surface area contributed by atoms with E-state index in [0.717, 1.165) is 29.9 Å². The fraction of sp³-hybridized carbons (Fsp3) is 0.276. The number of carbonyl (C=O) groups is 2. The number of carboxylic acids is 1. The van der Waals surface area contributed by atoms with Crippen LogP contribution in [-0.2, 0) is 4.79 Å². The lowest BCUT2D eigenvalue weighted by Gasteiger charge is -2.28. The Labute approximate surface area is 220 Å². The number of likely N-dealkylation sites (N-methyl/N-ethyl adjacent to an activating group) is 1. The van der Waals surface area contributed by atoms with Crippen LogP contribution >= 0.6 is 11.8 Å². The number of hydrogen-bond donors (Lipinski definition) is 1. The van der Waals surface area contributed by atoms with Gasteiger partial charge in [0.25, 0.3) is 5.91 Å². The molecule has 3 heterocycles. The summed E-state index contributed by atoms with van der Waals surface area (Å²) in [6.45, 7) is 6.49. The molecule has 8 heteroatoms. The number of amides is 1. The molecule has 3 aromatic rings. The van der Waals surface area contributed by atoms with Crippen molar-refractivity contribution in [2.24, 2.45) is 4.99 Å². The fourth-order valence-corrected chi connectivity index (χ4v) is 5.69. The molecule has 0 radical (unpaired) electrons. The second-order valence-electron chi connectivity index (χ2n) is 9.16. The molecule has 0 spiro atoms. The summed E-state index contributed by atoms with van der Waals surface area (Å²) in [7, 11) is 0. The summed E-state index contributed by atoms with van der Waals surface area (Å²) in [4.78, 5) is 33.7. The van der Waals surface area contributed by atoms with E-state index in [2.05, 4.69) is 17.0 Å². The van der Waals surface area contributed by atoms with Gasteiger partial charge < -0.3 is 14.4 Å². The number of anilines is 1. The van der Waals surface area contributed by atoms with Crippen molar-refractivity contribution < 1.29 is 19.1 Å². The molecule has 0 aliphatic carbocycles. The Hall–Kier alpha value is -3.78. The first-order chi connectivity index (χ1) is 17.9. The summed E-state index contributed by atoms with van der Waals surface area (Å²) in [5, 5.41) is 9.85. The van der Waals surface area contributed by atoms with Crippen molar-refractivity contribution >= 4 is 46.3 Å². The van der Waals surface area contributed by atoms with Gasteiger partial charge in [-0.05, 0) is 99.0 Å².